The van der Waals surface area contributed by atoms with Crippen LogP contribution in [0.5, 0.6) is 11.6 Å². The first-order valence-corrected chi connectivity index (χ1v) is 15.7. The Hall–Kier alpha value is -3.87. The van der Waals surface area contributed by atoms with Crippen LogP contribution in [-0.2, 0) is 24.3 Å². The lowest BCUT2D eigenvalue weighted by Gasteiger charge is -2.29. The third kappa shape index (κ3) is 5.99. The monoisotopic (exact) mass is 614 g/mol. The number of fused-ring (bicyclic) bond motifs is 1. The van der Waals surface area contributed by atoms with Gasteiger partial charge in [-0.25, -0.2) is 18.2 Å². The molecule has 1 aliphatic heterocycles. The van der Waals surface area contributed by atoms with E-state index < -0.39 is 61.9 Å². The fourth-order valence-corrected chi connectivity index (χ4v) is 6.59. The number of hydrogen-bond acceptors (Lipinski definition) is 9. The first kappa shape index (κ1) is 30.6. The zero-order valence-electron chi connectivity index (χ0n) is 25.0. The summed E-state index contributed by atoms with van der Waals surface area (Å²) in [6, 6.07) is 6.23. The maximum atomic E-state index is 13.8. The van der Waals surface area contributed by atoms with E-state index in [4.69, 9.17) is 14.2 Å². The largest absolute Gasteiger partial charge is 0.497 e. The van der Waals surface area contributed by atoms with Crippen LogP contribution < -0.4 is 19.5 Å². The Balaban J connectivity index is 1.37. The summed E-state index contributed by atoms with van der Waals surface area (Å²) in [6.07, 6.45) is 2.95. The fraction of sp³-hybridized carbons (Fsp3) is 0.533. The van der Waals surface area contributed by atoms with Gasteiger partial charge in [-0.2, -0.15) is 0 Å². The topological polar surface area (TPSA) is 153 Å². The minimum atomic E-state index is -3.93. The summed E-state index contributed by atoms with van der Waals surface area (Å²) in [5, 5.41) is 4.33. The summed E-state index contributed by atoms with van der Waals surface area (Å²) in [6.45, 7) is 10.5. The molecule has 5 rings (SSSR count). The predicted molar refractivity (Wildman–Crippen MR) is 158 cm³/mol. The molecular weight excluding hydrogens is 576 g/mol. The number of carbonyl (C=O) groups excluding carboxylic acids is 3. The average molecular weight is 615 g/mol. The van der Waals surface area contributed by atoms with Crippen molar-refractivity contribution in [3.63, 3.8) is 0 Å². The summed E-state index contributed by atoms with van der Waals surface area (Å²) in [4.78, 5) is 46.0. The van der Waals surface area contributed by atoms with Gasteiger partial charge < -0.3 is 19.5 Å². The lowest BCUT2D eigenvalue weighted by atomic mass is 10.1. The zero-order chi connectivity index (χ0) is 31.4. The number of sulfonamides is 1. The number of amides is 3. The Kier molecular flexibility index (Phi) is 7.60. The zero-order valence-corrected chi connectivity index (χ0v) is 25.8. The molecule has 0 spiro atoms. The minimum absolute atomic E-state index is 0.0258. The molecule has 0 bridgehead atoms. The van der Waals surface area contributed by atoms with Gasteiger partial charge in [0.2, 0.25) is 21.8 Å². The Bertz CT molecular complexity index is 1580. The Morgan fingerprint density at radius 1 is 1.19 bits per heavy atom. The highest BCUT2D eigenvalue weighted by Crippen LogP contribution is 2.47. The third-order valence-corrected chi connectivity index (χ3v) is 10.4. The van der Waals surface area contributed by atoms with Crippen LogP contribution in [0.15, 0.2) is 43.1 Å². The van der Waals surface area contributed by atoms with Crippen LogP contribution >= 0.6 is 0 Å². The highest BCUT2D eigenvalue weighted by molar-refractivity contribution is 7.91. The average Bonchev–Trinajstić information content (AvgIpc) is 3.82. The van der Waals surface area contributed by atoms with Gasteiger partial charge in [0.15, 0.2) is 0 Å². The molecule has 13 heteroatoms. The number of likely N-dealkylation sites (tertiary alicyclic amines) is 1. The van der Waals surface area contributed by atoms with Crippen molar-refractivity contribution >= 4 is 38.7 Å². The molecule has 12 nitrogen and oxygen atoms in total. The van der Waals surface area contributed by atoms with Gasteiger partial charge in [-0.1, -0.05) is 6.08 Å². The molecule has 1 aromatic carbocycles. The lowest BCUT2D eigenvalue weighted by Crippen LogP contribution is -2.57. The molecule has 0 unspecified atom stereocenters. The van der Waals surface area contributed by atoms with E-state index in [1.165, 1.54) is 11.0 Å². The van der Waals surface area contributed by atoms with Gasteiger partial charge in [-0.15, -0.1) is 6.58 Å². The van der Waals surface area contributed by atoms with Crippen molar-refractivity contribution in [1.82, 2.24) is 19.9 Å². The van der Waals surface area contributed by atoms with Crippen LogP contribution in [0, 0.1) is 5.92 Å². The van der Waals surface area contributed by atoms with Crippen molar-refractivity contribution < 1.29 is 37.0 Å². The Labute approximate surface area is 251 Å². The number of nitrogens with one attached hydrogen (secondary N) is 2. The standard InChI is InChI=1S/C30H38N4O8S/c1-7-19-16-30(19,26(36)33-43(38,39)29(5)11-12-29)32-24(35)23-15-21(17-34(23)27(37)42-28(2,3)4)41-25-22-9-8-20(40-6)14-18(22)10-13-31-25/h7-10,13-14,19,21,23H,1,11-12,15-17H2,2-6H3,(H,32,35)(H,33,36)/t19-,21-,23+,30-/m1/s1. The summed E-state index contributed by atoms with van der Waals surface area (Å²) in [7, 11) is -2.35. The van der Waals surface area contributed by atoms with E-state index in [1.54, 1.807) is 47.1 Å². The van der Waals surface area contributed by atoms with E-state index in [0.717, 1.165) is 10.8 Å². The summed E-state index contributed by atoms with van der Waals surface area (Å²) in [5.74, 6) is -0.905. The molecule has 3 aliphatic rings. The first-order chi connectivity index (χ1) is 20.1. The minimum Gasteiger partial charge on any atom is -0.497 e. The van der Waals surface area contributed by atoms with Crippen molar-refractivity contribution in [2.24, 2.45) is 5.92 Å². The molecule has 3 fully saturated rings. The van der Waals surface area contributed by atoms with Crippen molar-refractivity contribution in [3.8, 4) is 11.6 Å². The normalized spacial score (nSPS) is 25.9. The summed E-state index contributed by atoms with van der Waals surface area (Å²) >= 11 is 0. The SMILES string of the molecule is C=C[C@@H]1C[C@]1(NC(=O)[C@@H]1C[C@@H](Oc2nccc3cc(OC)ccc23)CN1C(=O)OC(C)(C)C)C(=O)NS(=O)(=O)C1(C)CC1. The highest BCUT2D eigenvalue weighted by Gasteiger charge is 2.63. The number of hydrogen-bond donors (Lipinski definition) is 2. The van der Waals surface area contributed by atoms with Gasteiger partial charge in [-0.3, -0.25) is 19.2 Å². The molecule has 2 heterocycles. The van der Waals surface area contributed by atoms with Crippen molar-refractivity contribution in [1.29, 1.82) is 0 Å². The molecule has 2 N–H and O–H groups in total. The molecular formula is C30H38N4O8S. The second kappa shape index (κ2) is 10.7. The smallest absolute Gasteiger partial charge is 0.411 e. The molecule has 4 atom stereocenters. The quantitative estimate of drug-likeness (QED) is 0.406. The summed E-state index contributed by atoms with van der Waals surface area (Å²) in [5.41, 5.74) is -2.32. The van der Waals surface area contributed by atoms with Crippen LogP contribution in [0.1, 0.15) is 53.4 Å². The molecule has 1 saturated heterocycles. The van der Waals surface area contributed by atoms with E-state index in [2.05, 4.69) is 21.6 Å². The van der Waals surface area contributed by atoms with Crippen molar-refractivity contribution in [3.05, 3.63) is 43.1 Å². The van der Waals surface area contributed by atoms with Crippen molar-refractivity contribution in [2.45, 2.75) is 81.4 Å². The first-order valence-electron chi connectivity index (χ1n) is 14.2. The molecule has 2 aliphatic carbocycles. The molecule has 1 aromatic heterocycles. The van der Waals surface area contributed by atoms with Crippen LogP contribution in [0.25, 0.3) is 10.8 Å². The Morgan fingerprint density at radius 3 is 2.51 bits per heavy atom. The van der Waals surface area contributed by atoms with Gasteiger partial charge in [-0.05, 0) is 76.6 Å². The maximum Gasteiger partial charge on any atom is 0.411 e. The van der Waals surface area contributed by atoms with E-state index >= 15 is 0 Å². The predicted octanol–water partition coefficient (Wildman–Crippen LogP) is 3.06. The summed E-state index contributed by atoms with van der Waals surface area (Å²) < 4.78 is 43.9. The molecule has 43 heavy (non-hydrogen) atoms. The highest BCUT2D eigenvalue weighted by atomic mass is 32.2. The number of nitrogens with zero attached hydrogens (tertiary/aromatic N) is 2. The number of aromatic nitrogens is 1. The van der Waals surface area contributed by atoms with E-state index in [0.29, 0.717) is 24.5 Å². The second-order valence-electron chi connectivity index (χ2n) is 12.7. The van der Waals surface area contributed by atoms with Crippen LogP contribution in [0.3, 0.4) is 0 Å². The second-order valence-corrected chi connectivity index (χ2v) is 14.9. The van der Waals surface area contributed by atoms with Gasteiger partial charge in [0, 0.05) is 23.9 Å². The van der Waals surface area contributed by atoms with Crippen LogP contribution in [0.2, 0.25) is 0 Å². The number of carbonyl (C=O) groups is 3. The molecule has 3 amide bonds. The lowest BCUT2D eigenvalue weighted by molar-refractivity contribution is -0.131. The van der Waals surface area contributed by atoms with E-state index in [9.17, 15) is 22.8 Å². The molecule has 232 valence electrons. The number of methoxy groups -OCH3 is 1. The van der Waals surface area contributed by atoms with Gasteiger partial charge >= 0.3 is 6.09 Å². The molecule has 2 aromatic rings. The van der Waals surface area contributed by atoms with Crippen molar-refractivity contribution in [2.75, 3.05) is 13.7 Å². The fourth-order valence-electron chi connectivity index (χ4n) is 5.28. The number of rotatable bonds is 9. The third-order valence-electron chi connectivity index (χ3n) is 8.29. The Morgan fingerprint density at radius 2 is 1.91 bits per heavy atom. The number of benzene rings is 1. The molecule has 0 radical (unpaired) electrons. The van der Waals surface area contributed by atoms with E-state index in [-0.39, 0.29) is 19.4 Å². The number of pyridine rings is 1. The van der Waals surface area contributed by atoms with Gasteiger partial charge in [0.25, 0.3) is 5.91 Å². The maximum absolute atomic E-state index is 13.8. The van der Waals surface area contributed by atoms with Gasteiger partial charge in [0.1, 0.15) is 29.0 Å². The van der Waals surface area contributed by atoms with Gasteiger partial charge in [0.05, 0.1) is 18.4 Å². The van der Waals surface area contributed by atoms with E-state index in [1.807, 2.05) is 18.2 Å². The molecule has 2 saturated carbocycles. The van der Waals surface area contributed by atoms with Crippen LogP contribution in [-0.4, -0.2) is 77.9 Å². The number of ether oxygens (including phenoxy) is 3. The van der Waals surface area contributed by atoms with Crippen LogP contribution in [0.4, 0.5) is 4.79 Å².